The number of guanidine groups is 1. The van der Waals surface area contributed by atoms with Crippen LogP contribution in [0.25, 0.3) is 0 Å². The highest BCUT2D eigenvalue weighted by molar-refractivity contribution is 5.78. The first-order valence-electron chi connectivity index (χ1n) is 6.05. The van der Waals surface area contributed by atoms with E-state index in [2.05, 4.69) is 31.1 Å². The van der Waals surface area contributed by atoms with Crippen molar-refractivity contribution in [1.82, 2.24) is 5.32 Å². The molecule has 3 nitrogen and oxygen atoms in total. The molecule has 1 aliphatic rings. The van der Waals surface area contributed by atoms with Crippen LogP contribution in [-0.4, -0.2) is 18.0 Å². The van der Waals surface area contributed by atoms with Crippen LogP contribution in [0.1, 0.15) is 52.9 Å². The van der Waals surface area contributed by atoms with Gasteiger partial charge in [0.1, 0.15) is 0 Å². The molecule has 0 unspecified atom stereocenters. The van der Waals surface area contributed by atoms with E-state index in [1.807, 2.05) is 0 Å². The zero-order valence-electron chi connectivity index (χ0n) is 10.3. The van der Waals surface area contributed by atoms with Gasteiger partial charge in [-0.3, -0.25) is 4.99 Å². The van der Waals surface area contributed by atoms with Gasteiger partial charge in [-0.2, -0.15) is 0 Å². The summed E-state index contributed by atoms with van der Waals surface area (Å²) in [7, 11) is 0. The molecule has 0 spiro atoms. The summed E-state index contributed by atoms with van der Waals surface area (Å²) in [5, 5.41) is 3.19. The van der Waals surface area contributed by atoms with Gasteiger partial charge in [0, 0.05) is 12.1 Å². The molecule has 0 bridgehead atoms. The Morgan fingerprint density at radius 3 is 2.40 bits per heavy atom. The van der Waals surface area contributed by atoms with Crippen LogP contribution < -0.4 is 11.1 Å². The van der Waals surface area contributed by atoms with Crippen molar-refractivity contribution in [1.29, 1.82) is 0 Å². The fraction of sp³-hybridized carbons (Fsp3) is 0.917. The quantitative estimate of drug-likeness (QED) is 0.544. The van der Waals surface area contributed by atoms with Crippen molar-refractivity contribution in [2.75, 3.05) is 6.54 Å². The summed E-state index contributed by atoms with van der Waals surface area (Å²) < 4.78 is 0. The molecule has 3 heteroatoms. The largest absolute Gasteiger partial charge is 0.370 e. The minimum absolute atomic E-state index is 0.0140. The number of nitrogens with two attached hydrogens (primary N) is 1. The maximum absolute atomic E-state index is 5.82. The molecule has 88 valence electrons. The molecule has 0 saturated heterocycles. The van der Waals surface area contributed by atoms with Gasteiger partial charge in [-0.25, -0.2) is 0 Å². The Labute approximate surface area is 93.5 Å². The highest BCUT2D eigenvalue weighted by Gasteiger charge is 2.14. The van der Waals surface area contributed by atoms with Crippen LogP contribution >= 0.6 is 0 Å². The van der Waals surface area contributed by atoms with Crippen molar-refractivity contribution in [3.8, 4) is 0 Å². The number of hydrogen-bond acceptors (Lipinski definition) is 1. The van der Waals surface area contributed by atoms with Gasteiger partial charge >= 0.3 is 0 Å². The normalized spacial score (nSPS) is 20.3. The summed E-state index contributed by atoms with van der Waals surface area (Å²) in [6, 6.07) is 0. The number of rotatable bonds is 2. The van der Waals surface area contributed by atoms with Gasteiger partial charge in [-0.05, 0) is 39.5 Å². The summed E-state index contributed by atoms with van der Waals surface area (Å²) in [4.78, 5) is 4.42. The van der Waals surface area contributed by atoms with Crippen molar-refractivity contribution in [2.45, 2.75) is 58.4 Å². The number of nitrogens with zero attached hydrogens (tertiary/aromatic N) is 1. The highest BCUT2D eigenvalue weighted by atomic mass is 15.1. The molecule has 1 rings (SSSR count). The van der Waals surface area contributed by atoms with Gasteiger partial charge in [0.15, 0.2) is 5.96 Å². The van der Waals surface area contributed by atoms with Crippen molar-refractivity contribution in [3.63, 3.8) is 0 Å². The van der Waals surface area contributed by atoms with E-state index in [-0.39, 0.29) is 5.54 Å². The van der Waals surface area contributed by atoms with Crippen LogP contribution in [0.2, 0.25) is 0 Å². The van der Waals surface area contributed by atoms with Crippen LogP contribution in [0.4, 0.5) is 0 Å². The van der Waals surface area contributed by atoms with Crippen molar-refractivity contribution in [3.05, 3.63) is 0 Å². The molecule has 1 fully saturated rings. The molecule has 3 N–H and O–H groups in total. The molecule has 15 heavy (non-hydrogen) atoms. The predicted molar refractivity (Wildman–Crippen MR) is 66.0 cm³/mol. The lowest BCUT2D eigenvalue weighted by Crippen LogP contribution is -2.45. The monoisotopic (exact) mass is 211 g/mol. The van der Waals surface area contributed by atoms with Crippen LogP contribution in [0.3, 0.4) is 0 Å². The number of aliphatic imine (C=N–C) groups is 1. The van der Waals surface area contributed by atoms with E-state index in [0.29, 0.717) is 5.96 Å². The van der Waals surface area contributed by atoms with Gasteiger partial charge in [0.05, 0.1) is 0 Å². The van der Waals surface area contributed by atoms with Crippen molar-refractivity contribution in [2.24, 2.45) is 16.6 Å². The summed E-state index contributed by atoms with van der Waals surface area (Å²) in [5.74, 6) is 1.35. The van der Waals surface area contributed by atoms with Crippen LogP contribution in [0.15, 0.2) is 4.99 Å². The molecule has 0 amide bonds. The molecule has 1 aliphatic carbocycles. The fourth-order valence-corrected chi connectivity index (χ4v) is 2.02. The average molecular weight is 211 g/mol. The summed E-state index contributed by atoms with van der Waals surface area (Å²) in [6.45, 7) is 7.18. The SMILES string of the molecule is CC(C)(C)NC(N)=NCC1CCCCC1. The molecular weight excluding hydrogens is 186 g/mol. The molecule has 0 aromatic heterocycles. The highest BCUT2D eigenvalue weighted by Crippen LogP contribution is 2.23. The Morgan fingerprint density at radius 1 is 1.27 bits per heavy atom. The van der Waals surface area contributed by atoms with Crippen LogP contribution in [0.5, 0.6) is 0 Å². The maximum Gasteiger partial charge on any atom is 0.188 e. The van der Waals surface area contributed by atoms with Gasteiger partial charge < -0.3 is 11.1 Å². The minimum atomic E-state index is 0.0140. The number of nitrogens with one attached hydrogen (secondary N) is 1. The number of hydrogen-bond donors (Lipinski definition) is 2. The lowest BCUT2D eigenvalue weighted by atomic mass is 9.89. The third-order valence-corrected chi connectivity index (χ3v) is 2.75. The summed E-state index contributed by atoms with van der Waals surface area (Å²) in [5.41, 5.74) is 5.83. The molecule has 0 aromatic rings. The molecule has 0 atom stereocenters. The molecule has 0 radical (unpaired) electrons. The fourth-order valence-electron chi connectivity index (χ4n) is 2.02. The zero-order valence-corrected chi connectivity index (χ0v) is 10.3. The molecule has 0 heterocycles. The third kappa shape index (κ3) is 5.65. The van der Waals surface area contributed by atoms with E-state index in [9.17, 15) is 0 Å². The summed E-state index contributed by atoms with van der Waals surface area (Å²) in [6.07, 6.45) is 6.79. The van der Waals surface area contributed by atoms with Gasteiger partial charge in [0.25, 0.3) is 0 Å². The van der Waals surface area contributed by atoms with E-state index in [1.165, 1.54) is 32.1 Å². The molecule has 1 saturated carbocycles. The maximum atomic E-state index is 5.82. The lowest BCUT2D eigenvalue weighted by molar-refractivity contribution is 0.366. The van der Waals surface area contributed by atoms with E-state index >= 15 is 0 Å². The lowest BCUT2D eigenvalue weighted by Gasteiger charge is -2.23. The van der Waals surface area contributed by atoms with Crippen molar-refractivity contribution >= 4 is 5.96 Å². The Kier molecular flexibility index (Phi) is 4.43. The Bertz CT molecular complexity index is 209. The van der Waals surface area contributed by atoms with E-state index in [0.717, 1.165) is 12.5 Å². The van der Waals surface area contributed by atoms with Gasteiger partial charge in [0.2, 0.25) is 0 Å². The Balaban J connectivity index is 2.29. The molecule has 0 aliphatic heterocycles. The first-order chi connectivity index (χ1) is 6.97. The second-order valence-electron chi connectivity index (χ2n) is 5.60. The second-order valence-corrected chi connectivity index (χ2v) is 5.60. The second kappa shape index (κ2) is 5.38. The molecular formula is C12H25N3. The van der Waals surface area contributed by atoms with Crippen LogP contribution in [0, 0.1) is 5.92 Å². The van der Waals surface area contributed by atoms with E-state index in [1.54, 1.807) is 0 Å². The van der Waals surface area contributed by atoms with Crippen LogP contribution in [-0.2, 0) is 0 Å². The predicted octanol–water partition coefficient (Wildman–Crippen LogP) is 2.27. The van der Waals surface area contributed by atoms with E-state index < -0.39 is 0 Å². The van der Waals surface area contributed by atoms with Crippen molar-refractivity contribution < 1.29 is 0 Å². The molecule has 0 aromatic carbocycles. The first-order valence-corrected chi connectivity index (χ1v) is 6.05. The summed E-state index contributed by atoms with van der Waals surface area (Å²) >= 11 is 0. The topological polar surface area (TPSA) is 50.4 Å². The zero-order chi connectivity index (χ0) is 11.3. The average Bonchev–Trinajstić information content (AvgIpc) is 2.14. The van der Waals surface area contributed by atoms with Gasteiger partial charge in [-0.1, -0.05) is 19.3 Å². The Hall–Kier alpha value is -0.730. The first kappa shape index (κ1) is 12.3. The van der Waals surface area contributed by atoms with Gasteiger partial charge in [-0.15, -0.1) is 0 Å². The standard InChI is InChI=1S/C12H25N3/c1-12(2,3)15-11(13)14-9-10-7-5-4-6-8-10/h10H,4-9H2,1-3H3,(H3,13,14,15). The van der Waals surface area contributed by atoms with E-state index in [4.69, 9.17) is 5.73 Å². The Morgan fingerprint density at radius 2 is 1.87 bits per heavy atom. The minimum Gasteiger partial charge on any atom is -0.370 e. The third-order valence-electron chi connectivity index (χ3n) is 2.75. The smallest absolute Gasteiger partial charge is 0.188 e.